The van der Waals surface area contributed by atoms with Crippen LogP contribution in [0, 0.1) is 5.92 Å². The number of carbonyl (C=O) groups is 1. The van der Waals surface area contributed by atoms with Crippen LogP contribution in [0.1, 0.15) is 26.7 Å². The van der Waals surface area contributed by atoms with Crippen molar-refractivity contribution in [1.29, 1.82) is 0 Å². The summed E-state index contributed by atoms with van der Waals surface area (Å²) in [6.45, 7) is 5.47. The fourth-order valence-corrected chi connectivity index (χ4v) is 3.71. The second kappa shape index (κ2) is 8.01. The van der Waals surface area contributed by atoms with Gasteiger partial charge in [0.1, 0.15) is 11.9 Å². The number of para-hydroxylation sites is 1. The van der Waals surface area contributed by atoms with E-state index in [1.807, 2.05) is 55.3 Å². The first-order valence-corrected chi connectivity index (χ1v) is 10.0. The first-order valence-electron chi connectivity index (χ1n) is 10.0. The monoisotopic (exact) mass is 374 g/mol. The van der Waals surface area contributed by atoms with Crippen LogP contribution < -0.4 is 4.74 Å². The van der Waals surface area contributed by atoms with E-state index in [9.17, 15) is 4.79 Å². The molecule has 1 fully saturated rings. The fraction of sp³-hybridized carbons (Fsp3) is 0.333. The summed E-state index contributed by atoms with van der Waals surface area (Å²) in [6.07, 6.45) is 3.85. The number of hydrogen-bond acceptors (Lipinski definition) is 3. The lowest BCUT2D eigenvalue weighted by Crippen LogP contribution is -2.43. The minimum Gasteiger partial charge on any atom is -0.490 e. The van der Waals surface area contributed by atoms with Gasteiger partial charge in [0.2, 0.25) is 5.91 Å². The summed E-state index contributed by atoms with van der Waals surface area (Å²) in [6, 6.07) is 18.5. The molecule has 0 saturated carbocycles. The highest BCUT2D eigenvalue weighted by molar-refractivity contribution is 5.83. The van der Waals surface area contributed by atoms with E-state index in [2.05, 4.69) is 29.2 Å². The molecule has 0 bridgehead atoms. The van der Waals surface area contributed by atoms with Crippen molar-refractivity contribution in [2.24, 2.45) is 5.92 Å². The molecule has 0 radical (unpaired) electrons. The number of pyridine rings is 1. The van der Waals surface area contributed by atoms with E-state index in [1.54, 1.807) is 0 Å². The summed E-state index contributed by atoms with van der Waals surface area (Å²) in [7, 11) is 0. The summed E-state index contributed by atoms with van der Waals surface area (Å²) in [5.74, 6) is 1.19. The van der Waals surface area contributed by atoms with Crippen LogP contribution in [0.2, 0.25) is 0 Å². The van der Waals surface area contributed by atoms with Crippen LogP contribution in [0.4, 0.5) is 0 Å². The van der Waals surface area contributed by atoms with Gasteiger partial charge in [-0.05, 0) is 29.8 Å². The predicted molar refractivity (Wildman–Crippen MR) is 112 cm³/mol. The van der Waals surface area contributed by atoms with Gasteiger partial charge in [0.25, 0.3) is 0 Å². The number of ether oxygens (including phenoxy) is 1. The molecule has 4 heteroatoms. The lowest BCUT2D eigenvalue weighted by molar-refractivity contribution is -0.136. The van der Waals surface area contributed by atoms with Crippen molar-refractivity contribution < 1.29 is 9.53 Å². The first kappa shape index (κ1) is 18.5. The minimum absolute atomic E-state index is 0.0645. The van der Waals surface area contributed by atoms with Crippen LogP contribution in [0.5, 0.6) is 5.75 Å². The van der Waals surface area contributed by atoms with Gasteiger partial charge in [-0.1, -0.05) is 44.2 Å². The molecule has 0 spiro atoms. The van der Waals surface area contributed by atoms with Crippen molar-refractivity contribution in [1.82, 2.24) is 9.88 Å². The Morgan fingerprint density at radius 1 is 1.04 bits per heavy atom. The molecule has 0 aliphatic carbocycles. The van der Waals surface area contributed by atoms with E-state index in [1.165, 1.54) is 0 Å². The zero-order valence-corrected chi connectivity index (χ0v) is 16.5. The molecule has 2 heterocycles. The molecule has 1 aliphatic rings. The number of nitrogens with zero attached hydrogens (tertiary/aromatic N) is 2. The highest BCUT2D eigenvalue weighted by Gasteiger charge is 2.25. The van der Waals surface area contributed by atoms with Gasteiger partial charge in [-0.2, -0.15) is 0 Å². The number of piperidine rings is 1. The van der Waals surface area contributed by atoms with E-state index >= 15 is 0 Å². The quantitative estimate of drug-likeness (QED) is 0.650. The average Bonchev–Trinajstić information content (AvgIpc) is 2.74. The molecule has 28 heavy (non-hydrogen) atoms. The third-order valence-electron chi connectivity index (χ3n) is 5.33. The maximum Gasteiger partial charge on any atom is 0.225 e. The smallest absolute Gasteiger partial charge is 0.225 e. The van der Waals surface area contributed by atoms with E-state index in [0.717, 1.165) is 53.7 Å². The Labute approximate surface area is 166 Å². The van der Waals surface area contributed by atoms with Gasteiger partial charge in [0.05, 0.1) is 5.52 Å². The van der Waals surface area contributed by atoms with Crippen LogP contribution in [-0.2, 0) is 4.79 Å². The maximum atomic E-state index is 12.1. The third-order valence-corrected chi connectivity index (χ3v) is 5.33. The third kappa shape index (κ3) is 4.01. The minimum atomic E-state index is 0.0645. The molecule has 1 saturated heterocycles. The molecule has 3 aromatic rings. The highest BCUT2D eigenvalue weighted by atomic mass is 16.5. The molecule has 4 nitrogen and oxygen atoms in total. The van der Waals surface area contributed by atoms with E-state index in [4.69, 9.17) is 4.74 Å². The molecule has 1 amide bonds. The fourth-order valence-electron chi connectivity index (χ4n) is 3.71. The number of hydrogen-bond donors (Lipinski definition) is 0. The van der Waals surface area contributed by atoms with Gasteiger partial charge < -0.3 is 9.64 Å². The Bertz CT molecular complexity index is 958. The zero-order chi connectivity index (χ0) is 19.5. The van der Waals surface area contributed by atoms with Gasteiger partial charge in [-0.3, -0.25) is 9.78 Å². The summed E-state index contributed by atoms with van der Waals surface area (Å²) in [5, 5.41) is 1.14. The molecule has 144 valence electrons. The normalized spacial score (nSPS) is 15.2. The molecule has 1 aromatic heterocycles. The van der Waals surface area contributed by atoms with Gasteiger partial charge in [-0.15, -0.1) is 0 Å². The van der Waals surface area contributed by atoms with Crippen LogP contribution in [-0.4, -0.2) is 35.0 Å². The molecular formula is C24H26N2O2. The topological polar surface area (TPSA) is 42.4 Å². The Morgan fingerprint density at radius 2 is 1.75 bits per heavy atom. The lowest BCUT2D eigenvalue weighted by Gasteiger charge is -2.33. The molecule has 2 aromatic carbocycles. The number of aromatic nitrogens is 1. The Hall–Kier alpha value is -2.88. The van der Waals surface area contributed by atoms with Crippen molar-refractivity contribution in [2.45, 2.75) is 32.8 Å². The summed E-state index contributed by atoms with van der Waals surface area (Å²) in [4.78, 5) is 18.6. The van der Waals surface area contributed by atoms with Crippen molar-refractivity contribution in [3.05, 3.63) is 60.8 Å². The Kier molecular flexibility index (Phi) is 5.29. The summed E-state index contributed by atoms with van der Waals surface area (Å²) >= 11 is 0. The zero-order valence-electron chi connectivity index (χ0n) is 16.5. The molecule has 1 aliphatic heterocycles. The second-order valence-electron chi connectivity index (χ2n) is 7.74. The highest BCUT2D eigenvalue weighted by Crippen LogP contribution is 2.26. The molecule has 0 atom stereocenters. The van der Waals surface area contributed by atoms with E-state index in [0.29, 0.717) is 0 Å². The summed E-state index contributed by atoms with van der Waals surface area (Å²) in [5.41, 5.74) is 3.24. The van der Waals surface area contributed by atoms with Crippen molar-refractivity contribution in [3.63, 3.8) is 0 Å². The van der Waals surface area contributed by atoms with Gasteiger partial charge >= 0.3 is 0 Å². The maximum absolute atomic E-state index is 12.1. The number of amides is 1. The standard InChI is InChI=1S/C24H26N2O2/c1-17(2)24(27)26-13-11-22(12-14-26)28-21-9-7-18(8-10-21)20-15-19-5-3-4-6-23(19)25-16-20/h3-10,15-17,22H,11-14H2,1-2H3. The SMILES string of the molecule is CC(C)C(=O)N1CCC(Oc2ccc(-c3cnc4ccccc4c3)cc2)CC1. The number of benzene rings is 2. The first-order chi connectivity index (χ1) is 13.6. The van der Waals surface area contributed by atoms with E-state index < -0.39 is 0 Å². The van der Waals surface area contributed by atoms with Crippen molar-refractivity contribution in [3.8, 4) is 16.9 Å². The molecule has 4 rings (SSSR count). The Morgan fingerprint density at radius 3 is 2.46 bits per heavy atom. The average molecular weight is 374 g/mol. The number of fused-ring (bicyclic) bond motifs is 1. The van der Waals surface area contributed by atoms with E-state index in [-0.39, 0.29) is 17.9 Å². The molecule has 0 unspecified atom stereocenters. The van der Waals surface area contributed by atoms with Crippen LogP contribution in [0.15, 0.2) is 60.8 Å². The second-order valence-corrected chi connectivity index (χ2v) is 7.74. The molecular weight excluding hydrogens is 348 g/mol. The van der Waals surface area contributed by atoms with Crippen LogP contribution in [0.25, 0.3) is 22.0 Å². The largest absolute Gasteiger partial charge is 0.490 e. The number of carbonyl (C=O) groups excluding carboxylic acids is 1. The van der Waals surface area contributed by atoms with Gasteiger partial charge in [-0.25, -0.2) is 0 Å². The molecule has 0 N–H and O–H groups in total. The van der Waals surface area contributed by atoms with Crippen molar-refractivity contribution in [2.75, 3.05) is 13.1 Å². The lowest BCUT2D eigenvalue weighted by atomic mass is 10.0. The summed E-state index contributed by atoms with van der Waals surface area (Å²) < 4.78 is 6.15. The van der Waals surface area contributed by atoms with Gasteiger partial charge in [0.15, 0.2) is 0 Å². The number of likely N-dealkylation sites (tertiary alicyclic amines) is 1. The van der Waals surface area contributed by atoms with Crippen LogP contribution in [0.3, 0.4) is 0 Å². The Balaban J connectivity index is 1.39. The van der Waals surface area contributed by atoms with Gasteiger partial charge in [0, 0.05) is 49.0 Å². The predicted octanol–water partition coefficient (Wildman–Crippen LogP) is 4.93. The van der Waals surface area contributed by atoms with Crippen molar-refractivity contribution >= 4 is 16.8 Å². The van der Waals surface area contributed by atoms with Crippen LogP contribution >= 0.6 is 0 Å². The number of rotatable bonds is 4.